The van der Waals surface area contributed by atoms with Gasteiger partial charge in [0, 0.05) is 18.2 Å². The minimum Gasteiger partial charge on any atom is -0.271 e. The zero-order valence-electron chi connectivity index (χ0n) is 8.25. The van der Waals surface area contributed by atoms with Gasteiger partial charge in [-0.1, -0.05) is 0 Å². The molecule has 1 aliphatic rings. The van der Waals surface area contributed by atoms with Gasteiger partial charge in [0.2, 0.25) is 0 Å². The Balaban J connectivity index is 2.31. The van der Waals surface area contributed by atoms with Gasteiger partial charge in [-0.2, -0.15) is 0 Å². The van der Waals surface area contributed by atoms with Crippen molar-refractivity contribution in [1.82, 2.24) is 4.90 Å². The van der Waals surface area contributed by atoms with E-state index in [0.29, 0.717) is 12.1 Å². The van der Waals surface area contributed by atoms with Gasteiger partial charge in [-0.25, -0.2) is 13.9 Å². The Morgan fingerprint density at radius 1 is 1.40 bits per heavy atom. The maximum absolute atomic E-state index is 13.4. The second kappa shape index (κ2) is 4.24. The Morgan fingerprint density at radius 3 is 2.93 bits per heavy atom. The Morgan fingerprint density at radius 2 is 2.20 bits per heavy atom. The molecule has 1 fully saturated rings. The first-order valence-corrected chi connectivity index (χ1v) is 4.99. The zero-order chi connectivity index (χ0) is 10.8. The van der Waals surface area contributed by atoms with Crippen LogP contribution in [0, 0.1) is 11.6 Å². The maximum atomic E-state index is 13.4. The fourth-order valence-electron chi connectivity index (χ4n) is 2.10. The SMILES string of the molecule is [O]CN1CCC[C@@H]1c1cc(F)ccc1F. The largest absolute Gasteiger partial charge is 0.271 e. The number of rotatable bonds is 2. The first kappa shape index (κ1) is 10.5. The molecule has 0 saturated carbocycles. The molecule has 81 valence electrons. The molecule has 1 saturated heterocycles. The van der Waals surface area contributed by atoms with E-state index in [0.717, 1.165) is 25.0 Å². The van der Waals surface area contributed by atoms with Gasteiger partial charge in [0.1, 0.15) is 18.4 Å². The van der Waals surface area contributed by atoms with Crippen LogP contribution in [-0.2, 0) is 5.11 Å². The molecule has 0 N–H and O–H groups in total. The lowest BCUT2D eigenvalue weighted by Gasteiger charge is -2.21. The average Bonchev–Trinajstić information content (AvgIpc) is 2.69. The lowest BCUT2D eigenvalue weighted by atomic mass is 10.0. The fourth-order valence-corrected chi connectivity index (χ4v) is 2.10. The minimum absolute atomic E-state index is 0.252. The summed E-state index contributed by atoms with van der Waals surface area (Å²) >= 11 is 0. The number of hydrogen-bond acceptors (Lipinski definition) is 1. The summed E-state index contributed by atoms with van der Waals surface area (Å²) in [5, 5.41) is 10.8. The van der Waals surface area contributed by atoms with E-state index in [4.69, 9.17) is 0 Å². The molecule has 1 aromatic carbocycles. The van der Waals surface area contributed by atoms with Crippen LogP contribution in [0.5, 0.6) is 0 Å². The van der Waals surface area contributed by atoms with E-state index < -0.39 is 11.6 Å². The number of likely N-dealkylation sites (tertiary alicyclic amines) is 1. The predicted octanol–water partition coefficient (Wildman–Crippen LogP) is 2.49. The summed E-state index contributed by atoms with van der Waals surface area (Å²) in [6, 6.07) is 3.15. The van der Waals surface area contributed by atoms with Crippen LogP contribution in [0.4, 0.5) is 8.78 Å². The molecule has 4 heteroatoms. The molecule has 2 nitrogen and oxygen atoms in total. The third kappa shape index (κ3) is 2.01. The Hall–Kier alpha value is -1.00. The molecule has 1 aliphatic heterocycles. The fraction of sp³-hybridized carbons (Fsp3) is 0.455. The molecule has 1 radical (unpaired) electrons. The van der Waals surface area contributed by atoms with Crippen molar-refractivity contribution in [3.63, 3.8) is 0 Å². The Labute approximate surface area is 87.1 Å². The molecule has 1 heterocycles. The van der Waals surface area contributed by atoms with Crippen molar-refractivity contribution >= 4 is 0 Å². The van der Waals surface area contributed by atoms with Crippen LogP contribution >= 0.6 is 0 Å². The van der Waals surface area contributed by atoms with Crippen LogP contribution in [0.3, 0.4) is 0 Å². The number of halogens is 2. The summed E-state index contributed by atoms with van der Waals surface area (Å²) in [6.07, 6.45) is 1.59. The highest BCUT2D eigenvalue weighted by Crippen LogP contribution is 2.32. The van der Waals surface area contributed by atoms with E-state index in [2.05, 4.69) is 0 Å². The van der Waals surface area contributed by atoms with E-state index in [-0.39, 0.29) is 12.8 Å². The quantitative estimate of drug-likeness (QED) is 0.738. The van der Waals surface area contributed by atoms with Crippen LogP contribution in [-0.4, -0.2) is 18.2 Å². The molecule has 2 rings (SSSR count). The van der Waals surface area contributed by atoms with E-state index >= 15 is 0 Å². The number of nitrogens with zero attached hydrogens (tertiary/aromatic N) is 1. The van der Waals surface area contributed by atoms with Crippen molar-refractivity contribution in [3.05, 3.63) is 35.4 Å². The summed E-state index contributed by atoms with van der Waals surface area (Å²) < 4.78 is 26.4. The monoisotopic (exact) mass is 212 g/mol. The first-order chi connectivity index (χ1) is 7.22. The molecule has 0 aliphatic carbocycles. The molecule has 0 unspecified atom stereocenters. The van der Waals surface area contributed by atoms with Crippen molar-refractivity contribution in [1.29, 1.82) is 0 Å². The third-order valence-corrected chi connectivity index (χ3v) is 2.85. The van der Waals surface area contributed by atoms with Gasteiger partial charge in [0.25, 0.3) is 0 Å². The molecule has 0 aromatic heterocycles. The summed E-state index contributed by atoms with van der Waals surface area (Å²) in [7, 11) is 0. The zero-order valence-corrected chi connectivity index (χ0v) is 8.25. The Kier molecular flexibility index (Phi) is 2.98. The van der Waals surface area contributed by atoms with E-state index in [1.807, 2.05) is 0 Å². The highest BCUT2D eigenvalue weighted by molar-refractivity contribution is 5.23. The van der Waals surface area contributed by atoms with Crippen LogP contribution in [0.2, 0.25) is 0 Å². The van der Waals surface area contributed by atoms with Crippen LogP contribution < -0.4 is 0 Å². The van der Waals surface area contributed by atoms with Gasteiger partial charge in [-0.05, 0) is 31.0 Å². The highest BCUT2D eigenvalue weighted by atomic mass is 19.1. The molecule has 1 atom stereocenters. The van der Waals surface area contributed by atoms with Crippen LogP contribution in [0.15, 0.2) is 18.2 Å². The van der Waals surface area contributed by atoms with Crippen molar-refractivity contribution in [3.8, 4) is 0 Å². The standard InChI is InChI=1S/C11H12F2NO/c12-8-3-4-10(13)9(6-8)11-2-1-5-14(11)7-15/h3-4,6,11H,1-2,5,7H2/t11-/m1/s1. The summed E-state index contributed by atoms with van der Waals surface area (Å²) in [5.74, 6) is -0.883. The van der Waals surface area contributed by atoms with Crippen molar-refractivity contribution in [2.75, 3.05) is 13.3 Å². The first-order valence-electron chi connectivity index (χ1n) is 4.99. The summed E-state index contributed by atoms with van der Waals surface area (Å²) in [5.41, 5.74) is 0.309. The van der Waals surface area contributed by atoms with Gasteiger partial charge in [0.05, 0.1) is 0 Å². The second-order valence-electron chi connectivity index (χ2n) is 3.77. The summed E-state index contributed by atoms with van der Waals surface area (Å²) in [4.78, 5) is 1.64. The Bertz CT molecular complexity index is 356. The van der Waals surface area contributed by atoms with E-state index in [1.165, 1.54) is 6.07 Å². The van der Waals surface area contributed by atoms with Crippen molar-refractivity contribution in [2.24, 2.45) is 0 Å². The molecule has 0 bridgehead atoms. The van der Waals surface area contributed by atoms with Crippen LogP contribution in [0.25, 0.3) is 0 Å². The van der Waals surface area contributed by atoms with Gasteiger partial charge < -0.3 is 0 Å². The summed E-state index contributed by atoms with van der Waals surface area (Å²) in [6.45, 7) is 0.310. The molecular weight excluding hydrogens is 200 g/mol. The lowest BCUT2D eigenvalue weighted by molar-refractivity contribution is 0.0414. The average molecular weight is 212 g/mol. The van der Waals surface area contributed by atoms with Gasteiger partial charge >= 0.3 is 0 Å². The molecule has 0 spiro atoms. The topological polar surface area (TPSA) is 23.1 Å². The van der Waals surface area contributed by atoms with Crippen molar-refractivity contribution < 1.29 is 13.9 Å². The number of benzene rings is 1. The van der Waals surface area contributed by atoms with Gasteiger partial charge in [-0.3, -0.25) is 4.90 Å². The normalized spacial score (nSPS) is 22.2. The highest BCUT2D eigenvalue weighted by Gasteiger charge is 2.27. The van der Waals surface area contributed by atoms with Crippen LogP contribution in [0.1, 0.15) is 24.4 Å². The van der Waals surface area contributed by atoms with Gasteiger partial charge in [-0.15, -0.1) is 0 Å². The van der Waals surface area contributed by atoms with Gasteiger partial charge in [0.15, 0.2) is 0 Å². The second-order valence-corrected chi connectivity index (χ2v) is 3.77. The minimum atomic E-state index is -0.454. The predicted molar refractivity (Wildman–Crippen MR) is 50.6 cm³/mol. The molecule has 15 heavy (non-hydrogen) atoms. The van der Waals surface area contributed by atoms with E-state index in [1.54, 1.807) is 4.90 Å². The molecule has 0 amide bonds. The van der Waals surface area contributed by atoms with Crippen molar-refractivity contribution in [2.45, 2.75) is 18.9 Å². The van der Waals surface area contributed by atoms with E-state index in [9.17, 15) is 13.9 Å². The third-order valence-electron chi connectivity index (χ3n) is 2.85. The molecular formula is C11H12F2NO. The maximum Gasteiger partial charge on any atom is 0.136 e. The number of hydrogen-bond donors (Lipinski definition) is 0. The lowest BCUT2D eigenvalue weighted by Crippen LogP contribution is -2.24. The molecule has 1 aromatic rings. The smallest absolute Gasteiger partial charge is 0.136 e.